The van der Waals surface area contributed by atoms with Gasteiger partial charge in [0.25, 0.3) is 0 Å². The van der Waals surface area contributed by atoms with Gasteiger partial charge in [-0.1, -0.05) is 12.1 Å². The smallest absolute Gasteiger partial charge is 0.245 e. The molecule has 0 saturated carbocycles. The lowest BCUT2D eigenvalue weighted by molar-refractivity contribution is -0.119. The van der Waals surface area contributed by atoms with Gasteiger partial charge in [-0.05, 0) is 50.6 Å². The minimum absolute atomic E-state index is 0.135. The molecule has 2 heterocycles. The first-order valence-electron chi connectivity index (χ1n) is 7.68. The van der Waals surface area contributed by atoms with Crippen molar-refractivity contribution >= 4 is 15.9 Å². The maximum atomic E-state index is 13.0. The van der Waals surface area contributed by atoms with E-state index in [2.05, 4.69) is 10.6 Å². The van der Waals surface area contributed by atoms with Crippen molar-refractivity contribution in [2.75, 3.05) is 19.6 Å². The Morgan fingerprint density at radius 1 is 1.22 bits per heavy atom. The standard InChI is InChI=1S/C15H21N3O4S/c1-11(19)12-2-4-13(5-3-12)23(21,22)18-10-14(20)17-15(18)6-8-16-9-7-15/h2-5,11,16,19H,6-10H2,1H3,(H,17,20). The van der Waals surface area contributed by atoms with E-state index < -0.39 is 21.8 Å². The Kier molecular flexibility index (Phi) is 4.18. The number of nitrogens with one attached hydrogen (secondary N) is 2. The molecule has 126 valence electrons. The number of aliphatic hydroxyl groups excluding tert-OH is 1. The van der Waals surface area contributed by atoms with Crippen LogP contribution in [0.2, 0.25) is 0 Å². The number of hydrogen-bond donors (Lipinski definition) is 3. The zero-order valence-electron chi connectivity index (χ0n) is 12.9. The van der Waals surface area contributed by atoms with E-state index in [1.165, 1.54) is 16.4 Å². The van der Waals surface area contributed by atoms with Gasteiger partial charge < -0.3 is 15.7 Å². The summed E-state index contributed by atoms with van der Waals surface area (Å²) in [5.74, 6) is -0.268. The lowest BCUT2D eigenvalue weighted by Crippen LogP contribution is -2.59. The van der Waals surface area contributed by atoms with Gasteiger partial charge in [-0.2, -0.15) is 4.31 Å². The molecule has 1 spiro atoms. The van der Waals surface area contributed by atoms with Gasteiger partial charge in [0.1, 0.15) is 5.66 Å². The van der Waals surface area contributed by atoms with Crippen LogP contribution in [0.3, 0.4) is 0 Å². The van der Waals surface area contributed by atoms with Gasteiger partial charge in [0, 0.05) is 0 Å². The Balaban J connectivity index is 1.95. The zero-order chi connectivity index (χ0) is 16.7. The van der Waals surface area contributed by atoms with E-state index in [0.29, 0.717) is 31.5 Å². The van der Waals surface area contributed by atoms with Crippen molar-refractivity contribution in [3.05, 3.63) is 29.8 Å². The predicted molar refractivity (Wildman–Crippen MR) is 83.9 cm³/mol. The lowest BCUT2D eigenvalue weighted by Gasteiger charge is -2.39. The van der Waals surface area contributed by atoms with Crippen LogP contribution in [0.15, 0.2) is 29.2 Å². The Hall–Kier alpha value is -1.48. The van der Waals surface area contributed by atoms with Crippen molar-refractivity contribution in [3.63, 3.8) is 0 Å². The fourth-order valence-electron chi connectivity index (χ4n) is 3.22. The van der Waals surface area contributed by atoms with E-state index in [1.54, 1.807) is 19.1 Å². The lowest BCUT2D eigenvalue weighted by atomic mass is 9.99. The highest BCUT2D eigenvalue weighted by Gasteiger charge is 2.51. The third-order valence-corrected chi connectivity index (χ3v) is 6.44. The second-order valence-corrected chi connectivity index (χ2v) is 7.95. The maximum Gasteiger partial charge on any atom is 0.245 e. The number of carbonyl (C=O) groups is 1. The van der Waals surface area contributed by atoms with E-state index >= 15 is 0 Å². The largest absolute Gasteiger partial charge is 0.389 e. The van der Waals surface area contributed by atoms with Crippen LogP contribution in [-0.4, -0.2) is 49.0 Å². The Labute approximate surface area is 135 Å². The SMILES string of the molecule is CC(O)c1ccc(S(=O)(=O)N2CC(=O)NC23CCNCC3)cc1. The van der Waals surface area contributed by atoms with E-state index in [9.17, 15) is 18.3 Å². The average Bonchev–Trinajstić information content (AvgIpc) is 2.84. The van der Waals surface area contributed by atoms with Gasteiger partial charge in [0.15, 0.2) is 0 Å². The van der Waals surface area contributed by atoms with E-state index in [-0.39, 0.29) is 17.3 Å². The number of amides is 1. The summed E-state index contributed by atoms with van der Waals surface area (Å²) in [4.78, 5) is 12.0. The number of hydrogen-bond acceptors (Lipinski definition) is 5. The highest BCUT2D eigenvalue weighted by molar-refractivity contribution is 7.89. The average molecular weight is 339 g/mol. The summed E-state index contributed by atoms with van der Waals surface area (Å²) < 4.78 is 27.3. The van der Waals surface area contributed by atoms with Gasteiger partial charge in [-0.25, -0.2) is 8.42 Å². The molecular formula is C15H21N3O4S. The first-order valence-corrected chi connectivity index (χ1v) is 9.12. The van der Waals surface area contributed by atoms with Crippen LogP contribution in [0, 0.1) is 0 Å². The number of aliphatic hydroxyl groups is 1. The Bertz CT molecular complexity index is 694. The number of piperidine rings is 1. The monoisotopic (exact) mass is 339 g/mol. The summed E-state index contributed by atoms with van der Waals surface area (Å²) in [7, 11) is -3.78. The van der Waals surface area contributed by atoms with Crippen molar-refractivity contribution in [1.29, 1.82) is 0 Å². The van der Waals surface area contributed by atoms with Crippen molar-refractivity contribution in [2.45, 2.75) is 36.4 Å². The summed E-state index contributed by atoms with van der Waals surface area (Å²) in [6.07, 6.45) is 0.436. The molecule has 0 aliphatic carbocycles. The molecule has 23 heavy (non-hydrogen) atoms. The first-order chi connectivity index (χ1) is 10.8. The van der Waals surface area contributed by atoms with Crippen LogP contribution in [0.4, 0.5) is 0 Å². The van der Waals surface area contributed by atoms with Crippen LogP contribution >= 0.6 is 0 Å². The molecule has 1 unspecified atom stereocenters. The number of nitrogens with zero attached hydrogens (tertiary/aromatic N) is 1. The summed E-state index contributed by atoms with van der Waals surface area (Å²) in [5.41, 5.74) is -0.180. The van der Waals surface area contributed by atoms with Crippen LogP contribution < -0.4 is 10.6 Å². The van der Waals surface area contributed by atoms with Crippen molar-refractivity contribution in [3.8, 4) is 0 Å². The number of rotatable bonds is 3. The summed E-state index contributed by atoms with van der Waals surface area (Å²) >= 11 is 0. The molecule has 3 N–H and O–H groups in total. The number of benzene rings is 1. The van der Waals surface area contributed by atoms with Crippen LogP contribution in [0.25, 0.3) is 0 Å². The molecule has 8 heteroatoms. The highest BCUT2D eigenvalue weighted by Crippen LogP contribution is 2.33. The molecule has 3 rings (SSSR count). The normalized spacial score (nSPS) is 23.0. The fraction of sp³-hybridized carbons (Fsp3) is 0.533. The molecule has 1 aromatic rings. The van der Waals surface area contributed by atoms with Crippen molar-refractivity contribution in [2.24, 2.45) is 0 Å². The predicted octanol–water partition coefficient (Wildman–Crippen LogP) is -0.0599. The van der Waals surface area contributed by atoms with Crippen LogP contribution in [0.5, 0.6) is 0 Å². The van der Waals surface area contributed by atoms with Gasteiger partial charge in [-0.3, -0.25) is 4.79 Å². The summed E-state index contributed by atoms with van der Waals surface area (Å²) in [6.45, 7) is 2.79. The first kappa shape index (κ1) is 16.4. The van der Waals surface area contributed by atoms with E-state index in [4.69, 9.17) is 0 Å². The molecular weight excluding hydrogens is 318 g/mol. The van der Waals surface area contributed by atoms with Crippen LogP contribution in [0.1, 0.15) is 31.4 Å². The van der Waals surface area contributed by atoms with Gasteiger partial charge in [-0.15, -0.1) is 0 Å². The third kappa shape index (κ3) is 2.87. The van der Waals surface area contributed by atoms with E-state index in [0.717, 1.165) is 0 Å². The highest BCUT2D eigenvalue weighted by atomic mass is 32.2. The number of carbonyl (C=O) groups excluding carboxylic acids is 1. The molecule has 7 nitrogen and oxygen atoms in total. The maximum absolute atomic E-state index is 13.0. The summed E-state index contributed by atoms with van der Waals surface area (Å²) in [6, 6.07) is 6.15. The minimum Gasteiger partial charge on any atom is -0.389 e. The third-order valence-electron chi connectivity index (χ3n) is 4.52. The molecule has 1 atom stereocenters. The molecule has 2 saturated heterocycles. The Morgan fingerprint density at radius 2 is 1.83 bits per heavy atom. The topological polar surface area (TPSA) is 98.7 Å². The van der Waals surface area contributed by atoms with E-state index in [1.807, 2.05) is 0 Å². The van der Waals surface area contributed by atoms with Crippen LogP contribution in [-0.2, 0) is 14.8 Å². The second kappa shape index (κ2) is 5.86. The van der Waals surface area contributed by atoms with Gasteiger partial charge in [0.05, 0.1) is 17.5 Å². The molecule has 2 fully saturated rings. The Morgan fingerprint density at radius 3 is 2.39 bits per heavy atom. The molecule has 2 aliphatic heterocycles. The number of sulfonamides is 1. The molecule has 2 aliphatic rings. The molecule has 0 aromatic heterocycles. The van der Waals surface area contributed by atoms with Crippen molar-refractivity contribution < 1.29 is 18.3 Å². The second-order valence-electron chi connectivity index (χ2n) is 6.09. The van der Waals surface area contributed by atoms with Gasteiger partial charge >= 0.3 is 0 Å². The molecule has 0 radical (unpaired) electrons. The minimum atomic E-state index is -3.78. The molecule has 1 aromatic carbocycles. The fourth-order valence-corrected chi connectivity index (χ4v) is 4.93. The quantitative estimate of drug-likeness (QED) is 0.717. The zero-order valence-corrected chi connectivity index (χ0v) is 13.8. The molecule has 1 amide bonds. The molecule has 0 bridgehead atoms. The van der Waals surface area contributed by atoms with Gasteiger partial charge in [0.2, 0.25) is 15.9 Å². The van der Waals surface area contributed by atoms with Crippen molar-refractivity contribution in [1.82, 2.24) is 14.9 Å². The summed E-state index contributed by atoms with van der Waals surface area (Å²) in [5, 5.41) is 15.6.